The van der Waals surface area contributed by atoms with Crippen LogP contribution in [0.1, 0.15) is 15.9 Å². The minimum atomic E-state index is -0.264. The molecule has 0 saturated carbocycles. The summed E-state index contributed by atoms with van der Waals surface area (Å²) in [5.74, 6) is 0.949. The van der Waals surface area contributed by atoms with Gasteiger partial charge in [-0.15, -0.1) is 10.2 Å². The van der Waals surface area contributed by atoms with Crippen LogP contribution in [0, 0.1) is 6.92 Å². The Kier molecular flexibility index (Phi) is 3.62. The number of nitrogens with one attached hydrogen (secondary N) is 1. The number of hydrogen-bond donors (Lipinski definition) is 1. The first-order valence-corrected chi connectivity index (χ1v) is 8.12. The van der Waals surface area contributed by atoms with Gasteiger partial charge in [0.25, 0.3) is 5.91 Å². The average Bonchev–Trinajstić information content (AvgIpc) is 3.23. The van der Waals surface area contributed by atoms with Gasteiger partial charge in [-0.2, -0.15) is 0 Å². The highest BCUT2D eigenvalue weighted by Crippen LogP contribution is 2.33. The molecule has 2 heterocycles. The monoisotopic (exact) mass is 339 g/mol. The molecule has 1 aromatic heterocycles. The van der Waals surface area contributed by atoms with E-state index >= 15 is 0 Å². The summed E-state index contributed by atoms with van der Waals surface area (Å²) < 4.78 is 10.5. The molecular formula is C17H13N3O3S. The van der Waals surface area contributed by atoms with Crippen molar-refractivity contribution in [2.75, 3.05) is 12.1 Å². The van der Waals surface area contributed by atoms with Crippen LogP contribution in [0.4, 0.5) is 5.13 Å². The van der Waals surface area contributed by atoms with Gasteiger partial charge in [-0.1, -0.05) is 35.1 Å². The van der Waals surface area contributed by atoms with E-state index in [1.54, 1.807) is 18.2 Å². The second kappa shape index (κ2) is 5.93. The van der Waals surface area contributed by atoms with Crippen LogP contribution in [-0.4, -0.2) is 22.9 Å². The molecule has 3 aromatic rings. The molecule has 1 amide bonds. The molecule has 0 atom stereocenters. The minimum Gasteiger partial charge on any atom is -0.454 e. The highest BCUT2D eigenvalue weighted by atomic mass is 32.1. The van der Waals surface area contributed by atoms with E-state index in [0.717, 1.165) is 16.1 Å². The smallest absolute Gasteiger partial charge is 0.257 e. The first kappa shape index (κ1) is 14.6. The summed E-state index contributed by atoms with van der Waals surface area (Å²) in [6.07, 6.45) is 0. The van der Waals surface area contributed by atoms with Crippen molar-refractivity contribution in [2.45, 2.75) is 6.92 Å². The van der Waals surface area contributed by atoms with Gasteiger partial charge < -0.3 is 9.47 Å². The SMILES string of the molecule is Cc1cccc(-c2nnc(NC(=O)c3ccc4c(c3)OCO4)s2)c1. The van der Waals surface area contributed by atoms with Gasteiger partial charge in [0.2, 0.25) is 11.9 Å². The molecule has 1 N–H and O–H groups in total. The van der Waals surface area contributed by atoms with E-state index in [4.69, 9.17) is 9.47 Å². The molecule has 24 heavy (non-hydrogen) atoms. The molecule has 2 aromatic carbocycles. The number of aromatic nitrogens is 2. The summed E-state index contributed by atoms with van der Waals surface area (Å²) in [6, 6.07) is 13.0. The largest absolute Gasteiger partial charge is 0.454 e. The zero-order chi connectivity index (χ0) is 16.5. The highest BCUT2D eigenvalue weighted by molar-refractivity contribution is 7.18. The zero-order valence-electron chi connectivity index (χ0n) is 12.8. The second-order valence-electron chi connectivity index (χ2n) is 5.30. The Labute approximate surface area is 142 Å². The third-order valence-electron chi connectivity index (χ3n) is 3.55. The molecule has 4 rings (SSSR count). The predicted molar refractivity (Wildman–Crippen MR) is 90.6 cm³/mol. The van der Waals surface area contributed by atoms with Crippen LogP contribution in [0.2, 0.25) is 0 Å². The first-order chi connectivity index (χ1) is 11.7. The molecule has 0 saturated heterocycles. The van der Waals surface area contributed by atoms with Crippen molar-refractivity contribution in [2.24, 2.45) is 0 Å². The lowest BCUT2D eigenvalue weighted by atomic mass is 10.1. The third-order valence-corrected chi connectivity index (χ3v) is 4.43. The number of benzene rings is 2. The van der Waals surface area contributed by atoms with Crippen molar-refractivity contribution in [1.82, 2.24) is 10.2 Å². The molecule has 6 nitrogen and oxygen atoms in total. The van der Waals surface area contributed by atoms with Gasteiger partial charge in [-0.25, -0.2) is 0 Å². The highest BCUT2D eigenvalue weighted by Gasteiger charge is 2.17. The molecule has 0 fully saturated rings. The Balaban J connectivity index is 1.52. The van der Waals surface area contributed by atoms with Gasteiger partial charge >= 0.3 is 0 Å². The topological polar surface area (TPSA) is 73.3 Å². The minimum absolute atomic E-state index is 0.177. The quantitative estimate of drug-likeness (QED) is 0.791. The summed E-state index contributed by atoms with van der Waals surface area (Å²) in [6.45, 7) is 2.20. The summed E-state index contributed by atoms with van der Waals surface area (Å²) in [4.78, 5) is 12.3. The van der Waals surface area contributed by atoms with Gasteiger partial charge in [0.1, 0.15) is 5.01 Å². The van der Waals surface area contributed by atoms with E-state index in [9.17, 15) is 4.79 Å². The van der Waals surface area contributed by atoms with Gasteiger partial charge in [0.05, 0.1) is 0 Å². The van der Waals surface area contributed by atoms with Crippen molar-refractivity contribution in [3.8, 4) is 22.1 Å². The fourth-order valence-electron chi connectivity index (χ4n) is 2.38. The number of amides is 1. The Bertz CT molecular complexity index is 923. The maximum absolute atomic E-state index is 12.3. The van der Waals surface area contributed by atoms with Gasteiger partial charge in [0, 0.05) is 11.1 Å². The Hall–Kier alpha value is -2.93. The van der Waals surface area contributed by atoms with Crippen molar-refractivity contribution in [3.63, 3.8) is 0 Å². The number of carbonyl (C=O) groups is 1. The summed E-state index contributed by atoms with van der Waals surface area (Å²) in [5, 5.41) is 12.2. The van der Waals surface area contributed by atoms with Crippen LogP contribution in [-0.2, 0) is 0 Å². The van der Waals surface area contributed by atoms with E-state index in [1.807, 2.05) is 31.2 Å². The number of rotatable bonds is 3. The van der Waals surface area contributed by atoms with Gasteiger partial charge in [0.15, 0.2) is 11.5 Å². The first-order valence-electron chi connectivity index (χ1n) is 7.30. The number of aryl methyl sites for hydroxylation is 1. The van der Waals surface area contributed by atoms with Crippen LogP contribution in [0.15, 0.2) is 42.5 Å². The molecule has 0 unspecified atom stereocenters. The lowest BCUT2D eigenvalue weighted by molar-refractivity contribution is 0.102. The second-order valence-corrected chi connectivity index (χ2v) is 6.28. The summed E-state index contributed by atoms with van der Waals surface area (Å²) >= 11 is 1.33. The van der Waals surface area contributed by atoms with E-state index in [2.05, 4.69) is 15.5 Å². The van der Waals surface area contributed by atoms with E-state index in [-0.39, 0.29) is 12.7 Å². The molecular weight excluding hydrogens is 326 g/mol. The molecule has 0 radical (unpaired) electrons. The summed E-state index contributed by atoms with van der Waals surface area (Å²) in [7, 11) is 0. The number of anilines is 1. The fraction of sp³-hybridized carbons (Fsp3) is 0.118. The predicted octanol–water partition coefficient (Wildman–Crippen LogP) is 3.49. The van der Waals surface area contributed by atoms with E-state index < -0.39 is 0 Å². The average molecular weight is 339 g/mol. The lowest BCUT2D eigenvalue weighted by Gasteiger charge is -2.02. The maximum Gasteiger partial charge on any atom is 0.257 e. The van der Waals surface area contributed by atoms with E-state index in [1.165, 1.54) is 11.3 Å². The lowest BCUT2D eigenvalue weighted by Crippen LogP contribution is -2.11. The van der Waals surface area contributed by atoms with Crippen molar-refractivity contribution in [1.29, 1.82) is 0 Å². The number of nitrogens with zero attached hydrogens (tertiary/aromatic N) is 2. The molecule has 0 aliphatic carbocycles. The standard InChI is InChI=1S/C17H13N3O3S/c1-10-3-2-4-12(7-10)16-19-20-17(24-16)18-15(21)11-5-6-13-14(8-11)23-9-22-13/h2-8H,9H2,1H3,(H,18,20,21). The van der Waals surface area contributed by atoms with Crippen LogP contribution in [0.5, 0.6) is 11.5 Å². The Morgan fingerprint density at radius 2 is 2.00 bits per heavy atom. The summed E-state index contributed by atoms with van der Waals surface area (Å²) in [5.41, 5.74) is 2.61. The van der Waals surface area contributed by atoms with Crippen molar-refractivity contribution < 1.29 is 14.3 Å². The van der Waals surface area contributed by atoms with Crippen LogP contribution in [0.3, 0.4) is 0 Å². The third kappa shape index (κ3) is 2.81. The Morgan fingerprint density at radius 1 is 1.12 bits per heavy atom. The van der Waals surface area contributed by atoms with Crippen LogP contribution < -0.4 is 14.8 Å². The molecule has 7 heteroatoms. The van der Waals surface area contributed by atoms with Crippen LogP contribution in [0.25, 0.3) is 10.6 Å². The molecule has 120 valence electrons. The zero-order valence-corrected chi connectivity index (χ0v) is 13.6. The number of ether oxygens (including phenoxy) is 2. The van der Waals surface area contributed by atoms with E-state index in [0.29, 0.717) is 22.2 Å². The van der Waals surface area contributed by atoms with Crippen molar-refractivity contribution in [3.05, 3.63) is 53.6 Å². The number of fused-ring (bicyclic) bond motifs is 1. The molecule has 0 spiro atoms. The Morgan fingerprint density at radius 3 is 2.88 bits per heavy atom. The fourth-order valence-corrected chi connectivity index (χ4v) is 3.11. The van der Waals surface area contributed by atoms with Gasteiger partial charge in [-0.3, -0.25) is 10.1 Å². The number of hydrogen-bond acceptors (Lipinski definition) is 6. The molecule has 1 aliphatic heterocycles. The van der Waals surface area contributed by atoms with Crippen molar-refractivity contribution >= 4 is 22.4 Å². The van der Waals surface area contributed by atoms with Gasteiger partial charge in [-0.05, 0) is 31.2 Å². The maximum atomic E-state index is 12.3. The normalized spacial score (nSPS) is 12.2. The number of carbonyl (C=O) groups excluding carboxylic acids is 1. The van der Waals surface area contributed by atoms with Crippen LogP contribution >= 0.6 is 11.3 Å². The molecule has 1 aliphatic rings. The molecule has 0 bridgehead atoms.